The average molecular weight is 359 g/mol. The van der Waals surface area contributed by atoms with Crippen LogP contribution in [0, 0.1) is 5.92 Å². The third kappa shape index (κ3) is 5.08. The average Bonchev–Trinajstić information content (AvgIpc) is 3.36. The minimum Gasteiger partial charge on any atom is -0.381 e. The van der Waals surface area contributed by atoms with Crippen LogP contribution >= 0.6 is 24.0 Å². The van der Waals surface area contributed by atoms with Crippen LogP contribution < -0.4 is 5.32 Å². The second kappa shape index (κ2) is 8.88. The maximum atomic E-state index is 12.5. The molecular weight excluding hydrogens is 335 g/mol. The van der Waals surface area contributed by atoms with E-state index in [0.717, 1.165) is 42.7 Å². The van der Waals surface area contributed by atoms with Crippen LogP contribution in [-0.4, -0.2) is 43.7 Å². The number of nitrogens with zero attached hydrogens (tertiary/aromatic N) is 1. The smallest absolute Gasteiger partial charge is 0.225 e. The van der Waals surface area contributed by atoms with E-state index in [1.54, 1.807) is 0 Å². The van der Waals surface area contributed by atoms with Gasteiger partial charge in [-0.2, -0.15) is 0 Å². The summed E-state index contributed by atoms with van der Waals surface area (Å²) < 4.78 is 5.59. The molecule has 4 nitrogen and oxygen atoms in total. The lowest BCUT2D eigenvalue weighted by Gasteiger charge is -2.37. The summed E-state index contributed by atoms with van der Waals surface area (Å²) in [6.07, 6.45) is 3.01. The number of carbonyl (C=O) groups is 1. The molecule has 2 aliphatic rings. The number of halogens is 2. The zero-order valence-electron chi connectivity index (χ0n) is 13.2. The predicted octanol–water partition coefficient (Wildman–Crippen LogP) is 3.05. The van der Waals surface area contributed by atoms with Crippen molar-refractivity contribution in [2.45, 2.75) is 25.3 Å². The van der Waals surface area contributed by atoms with E-state index in [9.17, 15) is 4.79 Å². The minimum absolute atomic E-state index is 0. The van der Waals surface area contributed by atoms with Crippen molar-refractivity contribution < 1.29 is 9.53 Å². The summed E-state index contributed by atoms with van der Waals surface area (Å²) in [6, 6.07) is 7.78. The molecule has 128 valence electrons. The number of nitrogens with one attached hydrogen (secondary N) is 1. The lowest BCUT2D eigenvalue weighted by atomic mass is 10.0. The molecule has 3 rings (SSSR count). The number of carbonyl (C=O) groups excluding carboxylic acids is 1. The van der Waals surface area contributed by atoms with E-state index in [2.05, 4.69) is 5.32 Å². The quantitative estimate of drug-likeness (QED) is 0.794. The van der Waals surface area contributed by atoms with Gasteiger partial charge in [-0.3, -0.25) is 4.79 Å². The van der Waals surface area contributed by atoms with Gasteiger partial charge in [0.1, 0.15) is 0 Å². The number of ether oxygens (including phenoxy) is 1. The van der Waals surface area contributed by atoms with Crippen LogP contribution in [0.2, 0.25) is 5.02 Å². The van der Waals surface area contributed by atoms with Gasteiger partial charge in [0.25, 0.3) is 0 Å². The zero-order chi connectivity index (χ0) is 15.4. The third-order valence-electron chi connectivity index (χ3n) is 4.34. The highest BCUT2D eigenvalue weighted by Crippen LogP contribution is 2.30. The van der Waals surface area contributed by atoms with Crippen molar-refractivity contribution in [1.29, 1.82) is 0 Å². The maximum Gasteiger partial charge on any atom is 0.225 e. The normalized spacial score (nSPS) is 20.9. The Morgan fingerprint density at radius 3 is 2.87 bits per heavy atom. The molecule has 1 aliphatic heterocycles. The zero-order valence-corrected chi connectivity index (χ0v) is 14.7. The predicted molar refractivity (Wildman–Crippen MR) is 94.2 cm³/mol. The van der Waals surface area contributed by atoms with Crippen LogP contribution in [0.1, 0.15) is 30.9 Å². The van der Waals surface area contributed by atoms with E-state index < -0.39 is 0 Å². The maximum absolute atomic E-state index is 12.5. The van der Waals surface area contributed by atoms with Crippen molar-refractivity contribution in [1.82, 2.24) is 10.2 Å². The first-order valence-corrected chi connectivity index (χ1v) is 8.46. The molecule has 1 aliphatic carbocycles. The van der Waals surface area contributed by atoms with Crippen LogP contribution in [0.25, 0.3) is 0 Å². The van der Waals surface area contributed by atoms with E-state index in [-0.39, 0.29) is 24.4 Å². The summed E-state index contributed by atoms with van der Waals surface area (Å²) in [5.74, 6) is 0.896. The van der Waals surface area contributed by atoms with Crippen molar-refractivity contribution in [3.63, 3.8) is 0 Å². The van der Waals surface area contributed by atoms with Crippen molar-refractivity contribution in [3.05, 3.63) is 34.9 Å². The van der Waals surface area contributed by atoms with Crippen molar-refractivity contribution >= 4 is 29.9 Å². The van der Waals surface area contributed by atoms with Crippen LogP contribution in [-0.2, 0) is 9.53 Å². The first kappa shape index (κ1) is 18.5. The van der Waals surface area contributed by atoms with Crippen LogP contribution in [0.5, 0.6) is 0 Å². The molecule has 0 spiro atoms. The van der Waals surface area contributed by atoms with Crippen LogP contribution in [0.3, 0.4) is 0 Å². The molecule has 6 heteroatoms. The first-order valence-electron chi connectivity index (χ1n) is 8.08. The minimum atomic E-state index is 0. The molecule has 1 atom stereocenters. The number of benzene rings is 1. The Balaban J connectivity index is 0.00000192. The van der Waals surface area contributed by atoms with E-state index in [1.165, 1.54) is 12.8 Å². The molecule has 0 radical (unpaired) electrons. The van der Waals surface area contributed by atoms with Gasteiger partial charge in [0.15, 0.2) is 0 Å². The lowest BCUT2D eigenvalue weighted by molar-refractivity contribution is -0.135. The standard InChI is InChI=1S/C17H23ClN2O2.ClH/c18-15-4-2-1-3-14(15)16-11-19-8-9-20(16)17(21)7-10-22-12-13-5-6-13;/h1-4,13,16,19H,5-12H2;1H. The number of amides is 1. The fourth-order valence-electron chi connectivity index (χ4n) is 2.86. The SMILES string of the molecule is Cl.O=C(CCOCC1CC1)N1CCNCC1c1ccccc1Cl. The molecule has 1 saturated carbocycles. The summed E-state index contributed by atoms with van der Waals surface area (Å²) >= 11 is 6.31. The molecule has 23 heavy (non-hydrogen) atoms. The molecule has 1 heterocycles. The summed E-state index contributed by atoms with van der Waals surface area (Å²) in [6.45, 7) is 3.63. The van der Waals surface area contributed by atoms with Crippen LogP contribution in [0.15, 0.2) is 24.3 Å². The largest absolute Gasteiger partial charge is 0.381 e. The van der Waals surface area contributed by atoms with Crippen molar-refractivity contribution in [2.75, 3.05) is 32.8 Å². The number of hydrogen-bond donors (Lipinski definition) is 1. The number of piperazine rings is 1. The Morgan fingerprint density at radius 1 is 1.35 bits per heavy atom. The van der Waals surface area contributed by atoms with Crippen molar-refractivity contribution in [3.8, 4) is 0 Å². The molecule has 1 saturated heterocycles. The summed E-state index contributed by atoms with van der Waals surface area (Å²) in [5, 5.41) is 4.07. The molecular formula is C17H24Cl2N2O2. The second-order valence-corrected chi connectivity index (χ2v) is 6.50. The molecule has 1 unspecified atom stereocenters. The summed E-state index contributed by atoms with van der Waals surface area (Å²) in [4.78, 5) is 14.5. The van der Waals surface area contributed by atoms with E-state index >= 15 is 0 Å². The number of rotatable bonds is 6. The van der Waals surface area contributed by atoms with Crippen LogP contribution in [0.4, 0.5) is 0 Å². The molecule has 0 bridgehead atoms. The summed E-state index contributed by atoms with van der Waals surface area (Å²) in [5.41, 5.74) is 1.02. The van der Waals surface area contributed by atoms with Gasteiger partial charge in [-0.15, -0.1) is 12.4 Å². The van der Waals surface area contributed by atoms with Crippen molar-refractivity contribution in [2.24, 2.45) is 5.92 Å². The highest BCUT2D eigenvalue weighted by Gasteiger charge is 2.29. The van der Waals surface area contributed by atoms with Gasteiger partial charge in [-0.05, 0) is 30.4 Å². The third-order valence-corrected chi connectivity index (χ3v) is 4.68. The van der Waals surface area contributed by atoms with E-state index in [1.807, 2.05) is 29.2 Å². The highest BCUT2D eigenvalue weighted by molar-refractivity contribution is 6.31. The Kier molecular flexibility index (Phi) is 7.15. The summed E-state index contributed by atoms with van der Waals surface area (Å²) in [7, 11) is 0. The van der Waals surface area contributed by atoms with Gasteiger partial charge in [0.2, 0.25) is 5.91 Å². The first-order chi connectivity index (χ1) is 10.8. The van der Waals surface area contributed by atoms with Gasteiger partial charge in [0.05, 0.1) is 19.1 Å². The number of hydrogen-bond acceptors (Lipinski definition) is 3. The Labute approximate surface area is 148 Å². The molecule has 1 aromatic carbocycles. The Bertz CT molecular complexity index is 523. The lowest BCUT2D eigenvalue weighted by Crippen LogP contribution is -2.49. The monoisotopic (exact) mass is 358 g/mol. The molecule has 0 aromatic heterocycles. The Hall–Kier alpha value is -0.810. The van der Waals surface area contributed by atoms with Gasteiger partial charge >= 0.3 is 0 Å². The van der Waals surface area contributed by atoms with Gasteiger partial charge < -0.3 is 15.0 Å². The molecule has 1 amide bonds. The van der Waals surface area contributed by atoms with Gasteiger partial charge in [-0.25, -0.2) is 0 Å². The van der Waals surface area contributed by atoms with E-state index in [4.69, 9.17) is 16.3 Å². The van der Waals surface area contributed by atoms with Gasteiger partial charge in [0, 0.05) is 31.3 Å². The topological polar surface area (TPSA) is 41.6 Å². The molecule has 2 fully saturated rings. The second-order valence-electron chi connectivity index (χ2n) is 6.10. The molecule has 1 N–H and O–H groups in total. The fraction of sp³-hybridized carbons (Fsp3) is 0.588. The Morgan fingerprint density at radius 2 is 2.13 bits per heavy atom. The highest BCUT2D eigenvalue weighted by atomic mass is 35.5. The van der Waals surface area contributed by atoms with E-state index in [0.29, 0.717) is 13.0 Å². The fourth-order valence-corrected chi connectivity index (χ4v) is 3.13. The van der Waals surface area contributed by atoms with Gasteiger partial charge in [-0.1, -0.05) is 29.8 Å². The molecule has 1 aromatic rings.